The van der Waals surface area contributed by atoms with E-state index in [0.717, 1.165) is 6.42 Å². The third kappa shape index (κ3) is 9.85. The summed E-state index contributed by atoms with van der Waals surface area (Å²) in [4.78, 5) is 0. The molecule has 0 fully saturated rings. The second kappa shape index (κ2) is 24.3. The van der Waals surface area contributed by atoms with E-state index in [1.165, 1.54) is 172 Å². The Hall–Kier alpha value is -10.9. The average molecular weight is 1260 g/mol. The van der Waals surface area contributed by atoms with Crippen LogP contribution in [0.3, 0.4) is 0 Å². The zero-order valence-corrected chi connectivity index (χ0v) is 57.8. The molecule has 0 unspecified atom stereocenters. The quantitative estimate of drug-likeness (QED) is 0.162. The van der Waals surface area contributed by atoms with Crippen molar-refractivity contribution in [2.75, 3.05) is 0 Å². The van der Waals surface area contributed by atoms with Crippen molar-refractivity contribution in [3.8, 4) is 66.8 Å². The van der Waals surface area contributed by atoms with Gasteiger partial charge in [-0.05, 0) is 186 Å². The van der Waals surface area contributed by atoms with Gasteiger partial charge in [-0.3, -0.25) is 0 Å². The smallest absolute Gasteiger partial charge is 0.0622 e. The molecule has 6 aliphatic carbocycles. The Morgan fingerprint density at radius 1 is 0.184 bits per heavy atom. The summed E-state index contributed by atoms with van der Waals surface area (Å²) >= 11 is 0. The molecule has 1 spiro atoms. The van der Waals surface area contributed by atoms with Gasteiger partial charge in [0.25, 0.3) is 0 Å². The van der Waals surface area contributed by atoms with Crippen LogP contribution in [0.15, 0.2) is 322 Å². The van der Waals surface area contributed by atoms with Gasteiger partial charge in [0.05, 0.1) is 10.8 Å². The first kappa shape index (κ1) is 61.9. The maximum Gasteiger partial charge on any atom is 0.0725 e. The zero-order valence-electron chi connectivity index (χ0n) is 57.8. The van der Waals surface area contributed by atoms with Gasteiger partial charge in [0, 0.05) is 10.8 Å². The Morgan fingerprint density at radius 3 is 0.929 bits per heavy atom. The van der Waals surface area contributed by atoms with Gasteiger partial charge in [0.2, 0.25) is 0 Å². The number of hydrogen-bond acceptors (Lipinski definition) is 0. The van der Waals surface area contributed by atoms with Crippen LogP contribution in [0.2, 0.25) is 0 Å². The van der Waals surface area contributed by atoms with E-state index < -0.39 is 0 Å². The summed E-state index contributed by atoms with van der Waals surface area (Å²) in [6.45, 7) is 20.1. The molecule has 6 aliphatic rings. The summed E-state index contributed by atoms with van der Waals surface area (Å²) in [5, 5.41) is 0. The van der Waals surface area contributed by atoms with Crippen molar-refractivity contribution >= 4 is 0 Å². The van der Waals surface area contributed by atoms with Crippen LogP contribution in [0, 0.1) is 34.6 Å². The molecular weight excluding hydrogens is 1180 g/mol. The molecule has 0 atom stereocenters. The van der Waals surface area contributed by atoms with Gasteiger partial charge in [-0.2, -0.15) is 0 Å². The van der Waals surface area contributed by atoms with Gasteiger partial charge >= 0.3 is 0 Å². The van der Waals surface area contributed by atoms with E-state index in [1.807, 2.05) is 0 Å². The Balaban J connectivity index is 0.0000000982. The SMILES string of the molecule is Cc1ccc2c(c1)-c1ccccc1C2.Cc1ccc2c(c1)-c1ccccc1C2(C)C.Cc1ccc2c(c1)C(C)(C)c1ccccc1-2.Cc1ccc2c(c1)C(c1ccccc1)(c1ccccc1)c1ccccc1-2.Cc1ccc2c(c1)C1(c3ccccc3-c3ccccc31)c1ccccc1-2. The molecule has 0 aliphatic heterocycles. The molecule has 20 rings (SSSR count). The lowest BCUT2D eigenvalue weighted by Crippen LogP contribution is -2.28. The van der Waals surface area contributed by atoms with Crippen LogP contribution in [0.25, 0.3) is 66.8 Å². The summed E-state index contributed by atoms with van der Waals surface area (Å²) in [6.07, 6.45) is 1.10. The Kier molecular flexibility index (Phi) is 15.4. The topological polar surface area (TPSA) is 0 Å². The van der Waals surface area contributed by atoms with Crippen molar-refractivity contribution in [1.82, 2.24) is 0 Å². The fraction of sp³-hybridized carbons (Fsp3) is 0.143. The Bertz CT molecular complexity index is 5210. The first-order valence-corrected chi connectivity index (χ1v) is 35.0. The standard InChI is InChI=1S/C26H18.C26H20.2C16H16.C14H12/c1-17-14-15-21-20-10-4-7-13-24(20)26(25(21)16-17)22-11-5-2-8-18(22)19-9-3-6-12-23(19)26;1-19-16-17-23-22-14-8-9-15-24(22)26(25(23)18-19,20-10-4-2-5-11-20)21-12-6-3-7-13-21;1-11-8-9-15-13(10-11)12-6-4-5-7-14(12)16(15,2)3;1-11-8-9-13-12-6-4-5-7-14(12)16(2,3)15(13)10-11;1-10-6-7-12-9-11-4-2-3-5-13(11)14(12)8-10/h2-16H,1H3;2-18H,1H3;2*4-10H,1-3H3;2-8H,9H2,1H3. The Morgan fingerprint density at radius 2 is 0.459 bits per heavy atom. The monoisotopic (exact) mass is 1260 g/mol. The number of aryl methyl sites for hydroxylation is 5. The zero-order chi connectivity index (χ0) is 67.1. The fourth-order valence-corrected chi connectivity index (χ4v) is 17.7. The van der Waals surface area contributed by atoms with Crippen molar-refractivity contribution in [3.63, 3.8) is 0 Å². The van der Waals surface area contributed by atoms with Gasteiger partial charge in [0.1, 0.15) is 0 Å². The predicted octanol–water partition coefficient (Wildman–Crippen LogP) is 24.9. The van der Waals surface area contributed by atoms with Crippen LogP contribution in [-0.2, 0) is 28.1 Å². The van der Waals surface area contributed by atoms with Gasteiger partial charge in [-0.1, -0.05) is 377 Å². The van der Waals surface area contributed by atoms with E-state index in [4.69, 9.17) is 0 Å². The molecule has 0 aromatic heterocycles. The summed E-state index contributed by atoms with van der Waals surface area (Å²) in [5.41, 5.74) is 43.0. The molecule has 0 heteroatoms. The number of hydrogen-bond donors (Lipinski definition) is 0. The van der Waals surface area contributed by atoms with Crippen LogP contribution in [0.5, 0.6) is 0 Å². The maximum atomic E-state index is 2.40. The lowest BCUT2D eigenvalue weighted by Gasteiger charge is -2.34. The van der Waals surface area contributed by atoms with Crippen molar-refractivity contribution in [2.24, 2.45) is 0 Å². The molecule has 0 radical (unpaired) electrons. The van der Waals surface area contributed by atoms with Crippen molar-refractivity contribution < 1.29 is 0 Å². The van der Waals surface area contributed by atoms with Crippen LogP contribution >= 0.6 is 0 Å². The molecule has 0 saturated carbocycles. The highest BCUT2D eigenvalue weighted by Gasteiger charge is 2.52. The Labute approximate surface area is 580 Å². The second-order valence-corrected chi connectivity index (χ2v) is 28.9. The van der Waals surface area contributed by atoms with Crippen LogP contribution < -0.4 is 0 Å². The highest BCUT2D eigenvalue weighted by molar-refractivity contribution is 5.95. The minimum Gasteiger partial charge on any atom is -0.0622 e. The van der Waals surface area contributed by atoms with Crippen molar-refractivity contribution in [1.29, 1.82) is 0 Å². The number of rotatable bonds is 2. The van der Waals surface area contributed by atoms with Crippen molar-refractivity contribution in [3.05, 3.63) is 427 Å². The normalized spacial score (nSPS) is 14.5. The molecule has 14 aromatic carbocycles. The molecular formula is C98H82. The number of benzene rings is 14. The molecule has 0 N–H and O–H groups in total. The van der Waals surface area contributed by atoms with E-state index in [2.05, 4.69) is 384 Å². The molecule has 0 bridgehead atoms. The van der Waals surface area contributed by atoms with Crippen molar-refractivity contribution in [2.45, 2.75) is 90.4 Å². The first-order chi connectivity index (χ1) is 47.7. The minimum atomic E-state index is -0.263. The van der Waals surface area contributed by atoms with E-state index in [1.54, 1.807) is 0 Å². The first-order valence-electron chi connectivity index (χ1n) is 35.0. The minimum absolute atomic E-state index is 0.151. The predicted molar refractivity (Wildman–Crippen MR) is 413 cm³/mol. The highest BCUT2D eigenvalue weighted by Crippen LogP contribution is 2.63. The van der Waals surface area contributed by atoms with Gasteiger partial charge < -0.3 is 0 Å². The average Bonchev–Trinajstić information content (AvgIpc) is 1.46. The second-order valence-electron chi connectivity index (χ2n) is 28.9. The van der Waals surface area contributed by atoms with Crippen LogP contribution in [-0.4, -0.2) is 0 Å². The van der Waals surface area contributed by atoms with E-state index in [0.29, 0.717) is 0 Å². The summed E-state index contributed by atoms with van der Waals surface area (Å²) in [5.74, 6) is 0. The largest absolute Gasteiger partial charge is 0.0725 e. The molecule has 0 heterocycles. The molecule has 0 saturated heterocycles. The lowest BCUT2D eigenvalue weighted by atomic mass is 9.67. The number of fused-ring (bicyclic) bond motifs is 22. The van der Waals surface area contributed by atoms with Gasteiger partial charge in [-0.15, -0.1) is 0 Å². The third-order valence-corrected chi connectivity index (χ3v) is 22.2. The van der Waals surface area contributed by atoms with Crippen LogP contribution in [0.1, 0.15) is 133 Å². The molecule has 0 amide bonds. The van der Waals surface area contributed by atoms with Gasteiger partial charge in [0.15, 0.2) is 0 Å². The lowest BCUT2D eigenvalue weighted by molar-refractivity contribution is 0.660. The van der Waals surface area contributed by atoms with E-state index in [9.17, 15) is 0 Å². The summed E-state index contributed by atoms with van der Waals surface area (Å²) in [6, 6.07) is 118. The van der Waals surface area contributed by atoms with E-state index in [-0.39, 0.29) is 21.7 Å². The maximum absolute atomic E-state index is 2.40. The fourth-order valence-electron chi connectivity index (χ4n) is 17.7. The third-order valence-electron chi connectivity index (χ3n) is 22.2. The van der Waals surface area contributed by atoms with Gasteiger partial charge in [-0.25, -0.2) is 0 Å². The molecule has 14 aromatic rings. The summed E-state index contributed by atoms with van der Waals surface area (Å²) < 4.78 is 0. The van der Waals surface area contributed by atoms with E-state index >= 15 is 0 Å². The van der Waals surface area contributed by atoms with Crippen LogP contribution in [0.4, 0.5) is 0 Å². The molecule has 474 valence electrons. The highest BCUT2D eigenvalue weighted by atomic mass is 14.5. The molecule has 0 nitrogen and oxygen atoms in total. The summed E-state index contributed by atoms with van der Waals surface area (Å²) in [7, 11) is 0. The molecule has 98 heavy (non-hydrogen) atoms.